The quantitative estimate of drug-likeness (QED) is 0.569. The molecule has 2 nitrogen and oxygen atoms in total. The van der Waals surface area contributed by atoms with Crippen molar-refractivity contribution in [1.29, 1.82) is 0 Å². The molecule has 1 aliphatic heterocycles. The van der Waals surface area contributed by atoms with Gasteiger partial charge >= 0.3 is 0 Å². The molecule has 4 rings (SSSR count). The lowest BCUT2D eigenvalue weighted by atomic mass is 10.1. The molecule has 3 aromatic rings. The van der Waals surface area contributed by atoms with E-state index in [4.69, 9.17) is 11.6 Å². The largest absolute Gasteiger partial charge is 0.363 e. The van der Waals surface area contributed by atoms with Crippen molar-refractivity contribution in [1.82, 2.24) is 0 Å². The highest BCUT2D eigenvalue weighted by Crippen LogP contribution is 2.29. The molecule has 0 radical (unpaired) electrons. The Morgan fingerprint density at radius 1 is 0.792 bits per heavy atom. The van der Waals surface area contributed by atoms with Crippen LogP contribution in [-0.2, 0) is 13.1 Å². The minimum absolute atomic E-state index is 0.739. The van der Waals surface area contributed by atoms with Crippen LogP contribution in [0.1, 0.15) is 16.7 Å². The van der Waals surface area contributed by atoms with E-state index in [0.717, 1.165) is 29.4 Å². The molecule has 0 aliphatic carbocycles. The van der Waals surface area contributed by atoms with E-state index in [2.05, 4.69) is 58.4 Å². The number of nitrogens with zero attached hydrogens (tertiary/aromatic N) is 2. The van der Waals surface area contributed by atoms with E-state index in [1.807, 2.05) is 30.5 Å². The van der Waals surface area contributed by atoms with Gasteiger partial charge in [0.2, 0.25) is 0 Å². The van der Waals surface area contributed by atoms with Crippen LogP contribution in [0.2, 0.25) is 5.02 Å². The van der Waals surface area contributed by atoms with Crippen LogP contribution >= 0.6 is 11.6 Å². The van der Waals surface area contributed by atoms with E-state index in [0.29, 0.717) is 0 Å². The summed E-state index contributed by atoms with van der Waals surface area (Å²) in [6.07, 6.45) is 1.86. The molecule has 1 heterocycles. The van der Waals surface area contributed by atoms with Crippen molar-refractivity contribution in [3.8, 4) is 0 Å². The maximum atomic E-state index is 5.89. The highest BCUT2D eigenvalue weighted by molar-refractivity contribution is 6.30. The van der Waals surface area contributed by atoms with E-state index < -0.39 is 0 Å². The predicted octanol–water partition coefficient (Wildman–Crippen LogP) is 5.61. The van der Waals surface area contributed by atoms with Crippen molar-refractivity contribution < 1.29 is 0 Å². The van der Waals surface area contributed by atoms with E-state index in [1.165, 1.54) is 16.8 Å². The van der Waals surface area contributed by atoms with E-state index in [1.54, 1.807) is 0 Å². The van der Waals surface area contributed by atoms with E-state index in [-0.39, 0.29) is 0 Å². The summed E-state index contributed by atoms with van der Waals surface area (Å²) in [6.45, 7) is 1.95. The van der Waals surface area contributed by atoms with Gasteiger partial charge in [0.25, 0.3) is 0 Å². The van der Waals surface area contributed by atoms with Crippen molar-refractivity contribution in [2.24, 2.45) is 4.99 Å². The second-order valence-corrected chi connectivity index (χ2v) is 6.39. The van der Waals surface area contributed by atoms with Crippen LogP contribution in [0.3, 0.4) is 0 Å². The first-order chi connectivity index (χ1) is 11.8. The van der Waals surface area contributed by atoms with Gasteiger partial charge in [-0.3, -0.25) is 4.99 Å². The summed E-state index contributed by atoms with van der Waals surface area (Å²) in [7, 11) is 0. The number of fused-ring (bicyclic) bond motifs is 1. The summed E-state index contributed by atoms with van der Waals surface area (Å²) in [4.78, 5) is 6.91. The summed E-state index contributed by atoms with van der Waals surface area (Å²) in [5.41, 5.74) is 6.06. The second kappa shape index (κ2) is 6.50. The lowest BCUT2D eigenvalue weighted by molar-refractivity contribution is 0.880. The Balaban J connectivity index is 1.46. The van der Waals surface area contributed by atoms with Crippen molar-refractivity contribution in [2.75, 3.05) is 4.90 Å². The zero-order chi connectivity index (χ0) is 16.4. The van der Waals surface area contributed by atoms with Crippen molar-refractivity contribution in [2.45, 2.75) is 13.1 Å². The van der Waals surface area contributed by atoms with Crippen LogP contribution in [0.25, 0.3) is 0 Å². The third-order valence-electron chi connectivity index (χ3n) is 4.29. The number of rotatable bonds is 3. The van der Waals surface area contributed by atoms with Crippen LogP contribution in [-0.4, -0.2) is 6.21 Å². The Morgan fingerprint density at radius 3 is 2.04 bits per heavy atom. The molecule has 0 atom stereocenters. The Labute approximate surface area is 147 Å². The molecule has 0 amide bonds. The van der Waals surface area contributed by atoms with Gasteiger partial charge in [-0.25, -0.2) is 0 Å². The highest BCUT2D eigenvalue weighted by atomic mass is 35.5. The van der Waals surface area contributed by atoms with Gasteiger partial charge in [0.05, 0.1) is 5.69 Å². The fourth-order valence-electron chi connectivity index (χ4n) is 2.96. The highest BCUT2D eigenvalue weighted by Gasteiger charge is 2.18. The Kier molecular flexibility index (Phi) is 4.06. The van der Waals surface area contributed by atoms with Gasteiger partial charge in [0, 0.05) is 30.0 Å². The number of anilines is 1. The van der Waals surface area contributed by atoms with Crippen LogP contribution in [0, 0.1) is 0 Å². The number of aliphatic imine (C=N–C) groups is 1. The SMILES string of the molecule is Clc1ccc(C=Nc2ccc(N3Cc4ccccc4C3)cc2)cc1. The molecule has 3 heteroatoms. The fourth-order valence-corrected chi connectivity index (χ4v) is 3.09. The molecule has 0 fully saturated rings. The van der Waals surface area contributed by atoms with Crippen molar-refractivity contribution in [3.05, 3.63) is 94.5 Å². The van der Waals surface area contributed by atoms with Gasteiger partial charge in [-0.15, -0.1) is 0 Å². The number of benzene rings is 3. The average molecular weight is 333 g/mol. The first kappa shape index (κ1) is 15.0. The summed E-state index contributed by atoms with van der Waals surface area (Å²) in [5, 5.41) is 0.739. The van der Waals surface area contributed by atoms with E-state index in [9.17, 15) is 0 Å². The molecule has 118 valence electrons. The van der Waals surface area contributed by atoms with E-state index >= 15 is 0 Å². The van der Waals surface area contributed by atoms with Gasteiger partial charge in [-0.05, 0) is 53.1 Å². The van der Waals surface area contributed by atoms with Crippen LogP contribution in [0.15, 0.2) is 77.8 Å². The summed E-state index contributed by atoms with van der Waals surface area (Å²) < 4.78 is 0. The van der Waals surface area contributed by atoms with Gasteiger partial charge in [0.15, 0.2) is 0 Å². The molecule has 3 aromatic carbocycles. The molecule has 1 aliphatic rings. The molecular weight excluding hydrogens is 316 g/mol. The van der Waals surface area contributed by atoms with Crippen LogP contribution in [0.4, 0.5) is 11.4 Å². The molecule has 0 aromatic heterocycles. The van der Waals surface area contributed by atoms with Crippen LogP contribution in [0.5, 0.6) is 0 Å². The predicted molar refractivity (Wildman–Crippen MR) is 101 cm³/mol. The maximum Gasteiger partial charge on any atom is 0.0631 e. The first-order valence-electron chi connectivity index (χ1n) is 7.99. The molecule has 0 saturated heterocycles. The minimum Gasteiger partial charge on any atom is -0.363 e. The molecule has 0 spiro atoms. The first-order valence-corrected chi connectivity index (χ1v) is 8.37. The lowest BCUT2D eigenvalue weighted by Gasteiger charge is -2.17. The second-order valence-electron chi connectivity index (χ2n) is 5.95. The number of halogens is 1. The molecule has 0 N–H and O–H groups in total. The van der Waals surface area contributed by atoms with Gasteiger partial charge in [-0.1, -0.05) is 48.0 Å². The normalized spacial score (nSPS) is 13.5. The van der Waals surface area contributed by atoms with Crippen molar-refractivity contribution in [3.63, 3.8) is 0 Å². The smallest absolute Gasteiger partial charge is 0.0631 e. The fraction of sp³-hybridized carbons (Fsp3) is 0.0952. The van der Waals surface area contributed by atoms with Crippen LogP contribution < -0.4 is 4.90 Å². The average Bonchev–Trinajstić information content (AvgIpc) is 3.06. The monoisotopic (exact) mass is 332 g/mol. The Bertz CT molecular complexity index is 842. The molecule has 0 saturated carbocycles. The zero-order valence-corrected chi connectivity index (χ0v) is 13.9. The number of hydrogen-bond donors (Lipinski definition) is 0. The topological polar surface area (TPSA) is 15.6 Å². The summed E-state index contributed by atoms with van der Waals surface area (Å²) >= 11 is 5.89. The van der Waals surface area contributed by atoms with Gasteiger partial charge < -0.3 is 4.90 Å². The Hall–Kier alpha value is -2.58. The maximum absolute atomic E-state index is 5.89. The summed E-state index contributed by atoms with van der Waals surface area (Å²) in [6, 6.07) is 24.7. The minimum atomic E-state index is 0.739. The summed E-state index contributed by atoms with van der Waals surface area (Å²) in [5.74, 6) is 0. The lowest BCUT2D eigenvalue weighted by Crippen LogP contribution is -2.13. The molecular formula is C21H17ClN2. The zero-order valence-electron chi connectivity index (χ0n) is 13.2. The molecule has 0 unspecified atom stereocenters. The molecule has 24 heavy (non-hydrogen) atoms. The Morgan fingerprint density at radius 2 is 1.42 bits per heavy atom. The molecule has 0 bridgehead atoms. The standard InChI is InChI=1S/C21H17ClN2/c22-19-7-5-16(6-8-19)13-23-20-9-11-21(12-10-20)24-14-17-3-1-2-4-18(17)15-24/h1-13H,14-15H2. The van der Waals surface area contributed by atoms with Gasteiger partial charge in [-0.2, -0.15) is 0 Å². The van der Waals surface area contributed by atoms with Crippen molar-refractivity contribution >= 4 is 29.2 Å². The third kappa shape index (κ3) is 3.19. The van der Waals surface area contributed by atoms with Gasteiger partial charge in [0.1, 0.15) is 0 Å². The number of hydrogen-bond acceptors (Lipinski definition) is 2. The third-order valence-corrected chi connectivity index (χ3v) is 4.54.